The minimum Gasteiger partial charge on any atom is -0.427 e. The van der Waals surface area contributed by atoms with Crippen molar-refractivity contribution in [1.29, 1.82) is 0 Å². The topological polar surface area (TPSA) is 27.7 Å². The van der Waals surface area contributed by atoms with E-state index in [1.165, 1.54) is 5.56 Å². The van der Waals surface area contributed by atoms with Crippen LogP contribution < -0.4 is 4.52 Å². The van der Waals surface area contributed by atoms with Gasteiger partial charge in [0.05, 0.1) is 13.2 Å². The summed E-state index contributed by atoms with van der Waals surface area (Å²) >= 11 is 3.40. The van der Waals surface area contributed by atoms with Crippen molar-refractivity contribution in [3.8, 4) is 5.75 Å². The maximum atomic E-state index is 5.60. The number of hydrogen-bond donors (Lipinski definition) is 0. The molecule has 1 rings (SSSR count). The summed E-state index contributed by atoms with van der Waals surface area (Å²) in [5.41, 5.74) is 1.21. The second-order valence-corrected chi connectivity index (χ2v) is 4.63. The molecular weight excluding hydrogens is 291 g/mol. The maximum Gasteiger partial charge on any atom is 0.397 e. The Morgan fingerprint density at radius 1 is 1.06 bits per heavy atom. The Labute approximate surface area is 106 Å². The van der Waals surface area contributed by atoms with E-state index >= 15 is 0 Å². The Morgan fingerprint density at radius 3 is 2.06 bits per heavy atom. The number of halogens is 1. The summed E-state index contributed by atoms with van der Waals surface area (Å²) < 4.78 is 16.3. The van der Waals surface area contributed by atoms with Crippen molar-refractivity contribution >= 4 is 24.5 Å². The fourth-order valence-electron chi connectivity index (χ4n) is 1.03. The largest absolute Gasteiger partial charge is 0.427 e. The molecule has 16 heavy (non-hydrogen) atoms. The van der Waals surface area contributed by atoms with Gasteiger partial charge in [0.25, 0.3) is 0 Å². The van der Waals surface area contributed by atoms with Crippen molar-refractivity contribution in [2.45, 2.75) is 19.2 Å². The molecule has 3 nitrogen and oxygen atoms in total. The zero-order valence-corrected chi connectivity index (χ0v) is 12.0. The van der Waals surface area contributed by atoms with Crippen LogP contribution in [0.2, 0.25) is 0 Å². The second kappa shape index (κ2) is 8.02. The molecule has 0 radical (unpaired) electrons. The Bertz CT molecular complexity index is 286. The van der Waals surface area contributed by atoms with Crippen LogP contribution >= 0.6 is 24.5 Å². The van der Waals surface area contributed by atoms with Crippen molar-refractivity contribution in [2.75, 3.05) is 13.2 Å². The molecule has 0 aromatic heterocycles. The molecule has 1 aromatic carbocycles. The van der Waals surface area contributed by atoms with Crippen molar-refractivity contribution in [1.82, 2.24) is 0 Å². The fourth-order valence-corrected chi connectivity index (χ4v) is 2.30. The van der Waals surface area contributed by atoms with Crippen LogP contribution in [0, 0.1) is 0 Å². The molecule has 90 valence electrons. The molecule has 0 atom stereocenters. The summed E-state index contributed by atoms with van der Waals surface area (Å²) in [4.78, 5) is 0. The first-order valence-corrected chi connectivity index (χ1v) is 7.40. The third kappa shape index (κ3) is 4.79. The van der Waals surface area contributed by atoms with E-state index in [1.54, 1.807) is 0 Å². The number of hydrogen-bond acceptors (Lipinski definition) is 3. The van der Waals surface area contributed by atoms with Gasteiger partial charge in [-0.15, -0.1) is 0 Å². The Kier molecular flexibility index (Phi) is 6.97. The molecule has 0 amide bonds. The van der Waals surface area contributed by atoms with Gasteiger partial charge in [-0.2, -0.15) is 0 Å². The minimum absolute atomic E-state index is 0.588. The zero-order valence-electron chi connectivity index (χ0n) is 9.48. The molecule has 1 aromatic rings. The monoisotopic (exact) mass is 306 g/mol. The van der Waals surface area contributed by atoms with Gasteiger partial charge in [0, 0.05) is 5.33 Å². The highest BCUT2D eigenvalue weighted by Crippen LogP contribution is 2.40. The standard InChI is InChI=1S/C11H16BrO3P/c1-3-13-16(14-4-2)15-11-7-5-10(9-12)6-8-11/h5-8H,3-4,9H2,1-2H3. The molecule has 0 saturated carbocycles. The molecule has 0 N–H and O–H groups in total. The molecule has 0 bridgehead atoms. The predicted octanol–water partition coefficient (Wildman–Crippen LogP) is 4.26. The van der Waals surface area contributed by atoms with Crippen molar-refractivity contribution in [3.05, 3.63) is 29.8 Å². The molecule has 0 unspecified atom stereocenters. The van der Waals surface area contributed by atoms with E-state index in [0.29, 0.717) is 13.2 Å². The Hall–Kier alpha value is -0.150. The number of benzene rings is 1. The van der Waals surface area contributed by atoms with E-state index in [1.807, 2.05) is 38.1 Å². The highest BCUT2D eigenvalue weighted by Gasteiger charge is 2.12. The van der Waals surface area contributed by atoms with E-state index in [4.69, 9.17) is 13.6 Å². The minimum atomic E-state index is -1.26. The van der Waals surface area contributed by atoms with Crippen molar-refractivity contribution in [3.63, 3.8) is 0 Å². The van der Waals surface area contributed by atoms with Crippen LogP contribution in [0.3, 0.4) is 0 Å². The normalized spacial score (nSPS) is 10.8. The molecule has 0 aliphatic rings. The average Bonchev–Trinajstić information content (AvgIpc) is 2.31. The van der Waals surface area contributed by atoms with E-state index in [9.17, 15) is 0 Å². The molecular formula is C11H16BrO3P. The van der Waals surface area contributed by atoms with E-state index in [2.05, 4.69) is 15.9 Å². The highest BCUT2D eigenvalue weighted by atomic mass is 79.9. The fraction of sp³-hybridized carbons (Fsp3) is 0.455. The maximum absolute atomic E-state index is 5.60. The van der Waals surface area contributed by atoms with Gasteiger partial charge in [-0.1, -0.05) is 28.1 Å². The van der Waals surface area contributed by atoms with Gasteiger partial charge in [0.15, 0.2) is 0 Å². The third-order valence-electron chi connectivity index (χ3n) is 1.73. The van der Waals surface area contributed by atoms with E-state index < -0.39 is 8.60 Å². The van der Waals surface area contributed by atoms with Gasteiger partial charge in [-0.3, -0.25) is 0 Å². The predicted molar refractivity (Wildman–Crippen MR) is 69.9 cm³/mol. The summed E-state index contributed by atoms with van der Waals surface area (Å²) in [6, 6.07) is 7.86. The molecule has 0 spiro atoms. The van der Waals surface area contributed by atoms with Crippen LogP contribution in [0.15, 0.2) is 24.3 Å². The lowest BCUT2D eigenvalue weighted by molar-refractivity contribution is 0.221. The molecule has 0 aliphatic heterocycles. The SMILES string of the molecule is CCOP(OCC)Oc1ccc(CBr)cc1. The van der Waals surface area contributed by atoms with Gasteiger partial charge in [-0.25, -0.2) is 0 Å². The number of rotatable bonds is 7. The van der Waals surface area contributed by atoms with Gasteiger partial charge < -0.3 is 13.6 Å². The lowest BCUT2D eigenvalue weighted by atomic mass is 10.2. The van der Waals surface area contributed by atoms with Crippen LogP contribution in [0.25, 0.3) is 0 Å². The molecule has 5 heteroatoms. The summed E-state index contributed by atoms with van der Waals surface area (Å²) in [5, 5.41) is 0.846. The highest BCUT2D eigenvalue weighted by molar-refractivity contribution is 9.08. The summed E-state index contributed by atoms with van der Waals surface area (Å²) in [5.74, 6) is 0.776. The smallest absolute Gasteiger partial charge is 0.397 e. The van der Waals surface area contributed by atoms with Crippen LogP contribution in [0.1, 0.15) is 19.4 Å². The van der Waals surface area contributed by atoms with Crippen molar-refractivity contribution < 1.29 is 13.6 Å². The Morgan fingerprint density at radius 2 is 1.62 bits per heavy atom. The van der Waals surface area contributed by atoms with Gasteiger partial charge in [-0.05, 0) is 31.5 Å². The van der Waals surface area contributed by atoms with Gasteiger partial charge >= 0.3 is 8.60 Å². The number of alkyl halides is 1. The molecule has 0 aliphatic carbocycles. The third-order valence-corrected chi connectivity index (χ3v) is 3.67. The summed E-state index contributed by atoms with van der Waals surface area (Å²) in [7, 11) is -1.26. The average molecular weight is 307 g/mol. The van der Waals surface area contributed by atoms with E-state index in [0.717, 1.165) is 11.1 Å². The molecule has 0 heterocycles. The van der Waals surface area contributed by atoms with Crippen molar-refractivity contribution in [2.24, 2.45) is 0 Å². The van der Waals surface area contributed by atoms with Crippen LogP contribution in [-0.4, -0.2) is 13.2 Å². The molecule has 0 fully saturated rings. The van der Waals surface area contributed by atoms with Crippen LogP contribution in [0.5, 0.6) is 5.75 Å². The van der Waals surface area contributed by atoms with Gasteiger partial charge in [0.2, 0.25) is 0 Å². The summed E-state index contributed by atoms with van der Waals surface area (Å²) in [6.45, 7) is 5.02. The summed E-state index contributed by atoms with van der Waals surface area (Å²) in [6.07, 6.45) is 0. The van der Waals surface area contributed by atoms with Crippen LogP contribution in [-0.2, 0) is 14.4 Å². The van der Waals surface area contributed by atoms with E-state index in [-0.39, 0.29) is 0 Å². The lowest BCUT2D eigenvalue weighted by Gasteiger charge is -2.15. The first-order valence-electron chi connectivity index (χ1n) is 5.19. The Balaban J connectivity index is 2.54. The molecule has 0 saturated heterocycles. The lowest BCUT2D eigenvalue weighted by Crippen LogP contribution is -1.97. The first-order chi connectivity index (χ1) is 7.80. The zero-order chi connectivity index (χ0) is 11.8. The quantitative estimate of drug-likeness (QED) is 0.556. The first kappa shape index (κ1) is 13.9. The van der Waals surface area contributed by atoms with Crippen LogP contribution in [0.4, 0.5) is 0 Å². The van der Waals surface area contributed by atoms with Gasteiger partial charge in [0.1, 0.15) is 5.75 Å². The second-order valence-electron chi connectivity index (χ2n) is 2.93.